The molecule has 12 heteroatoms. The molecule has 0 radical (unpaired) electrons. The summed E-state index contributed by atoms with van der Waals surface area (Å²) in [6.07, 6.45) is 11.1. The Balaban J connectivity index is 2.03. The van der Waals surface area contributed by atoms with Crippen LogP contribution in [-0.2, 0) is 35.0 Å². The van der Waals surface area contributed by atoms with E-state index in [-0.39, 0.29) is 6.42 Å². The minimum Gasteiger partial charge on any atom is -0.494 e. The highest BCUT2D eigenvalue weighted by Gasteiger charge is 2.49. The van der Waals surface area contributed by atoms with E-state index >= 15 is 0 Å². The summed E-state index contributed by atoms with van der Waals surface area (Å²) in [5.41, 5.74) is -2.47. The number of unbranched alkanes of at least 4 members (excludes halogenated alkanes) is 9. The number of nitrogens with one attached hydrogen (secondary N) is 1. The van der Waals surface area contributed by atoms with Crippen molar-refractivity contribution in [1.29, 1.82) is 0 Å². The van der Waals surface area contributed by atoms with E-state index in [1.807, 2.05) is 0 Å². The molecule has 50 heavy (non-hydrogen) atoms. The Hall–Kier alpha value is -3.09. The monoisotopic (exact) mass is 711 g/mol. The fourth-order valence-electron chi connectivity index (χ4n) is 6.09. The van der Waals surface area contributed by atoms with Crippen LogP contribution >= 0.6 is 0 Å². The number of carboxylic acid groups (broad SMARTS) is 1. The Kier molecular flexibility index (Phi) is 20.2. The lowest BCUT2D eigenvalue weighted by atomic mass is 9.82. The number of hydrogen-bond donors (Lipinski definition) is 3. The molecular formula is C38H59F2NO9. The predicted molar refractivity (Wildman–Crippen MR) is 186 cm³/mol. The summed E-state index contributed by atoms with van der Waals surface area (Å²) in [6, 6.07) is 5.61. The van der Waals surface area contributed by atoms with Crippen molar-refractivity contribution in [2.24, 2.45) is 5.92 Å². The van der Waals surface area contributed by atoms with Gasteiger partial charge < -0.3 is 34.5 Å². The van der Waals surface area contributed by atoms with E-state index in [0.717, 1.165) is 71.0 Å². The number of alkyl halides is 2. The second-order valence-electron chi connectivity index (χ2n) is 13.1. The van der Waals surface area contributed by atoms with Crippen LogP contribution in [0.5, 0.6) is 5.75 Å². The number of amides is 1. The SMILES string of the molecule is CCCCCCCC1(CCCCCC/C=C/[C@H](C(=O)N[C@@H](Cc2ccc(OCCCC)cc2)C(=O)OC)[C@@](O)(CC(F)F)C(=O)O)OCCO1. The number of aliphatic carboxylic acids is 1. The van der Waals surface area contributed by atoms with Gasteiger partial charge in [0.2, 0.25) is 12.3 Å². The van der Waals surface area contributed by atoms with Gasteiger partial charge in [-0.1, -0.05) is 83.1 Å². The average Bonchev–Trinajstić information content (AvgIpc) is 3.55. The maximum atomic E-state index is 13.5. The molecule has 0 spiro atoms. The Bertz CT molecular complexity index is 1160. The van der Waals surface area contributed by atoms with Gasteiger partial charge in [0.15, 0.2) is 11.4 Å². The van der Waals surface area contributed by atoms with Gasteiger partial charge in [0.1, 0.15) is 11.8 Å². The summed E-state index contributed by atoms with van der Waals surface area (Å²) < 4.78 is 49.5. The molecule has 10 nitrogen and oxygen atoms in total. The van der Waals surface area contributed by atoms with Crippen molar-refractivity contribution in [2.75, 3.05) is 26.9 Å². The summed E-state index contributed by atoms with van der Waals surface area (Å²) in [6.45, 7) is 6.00. The zero-order chi connectivity index (χ0) is 36.8. The van der Waals surface area contributed by atoms with Gasteiger partial charge in [-0.25, -0.2) is 18.4 Å². The molecule has 1 aromatic rings. The van der Waals surface area contributed by atoms with Crippen LogP contribution in [0, 0.1) is 5.92 Å². The Morgan fingerprint density at radius 2 is 1.54 bits per heavy atom. The standard InChI is InChI=1S/C38H59F2NO9/c1-4-6-8-12-15-22-37(49-25-26-50-37)23-16-13-10-9-11-14-17-31(38(46,36(44)45)28-33(39)40)34(42)41-32(35(43)47-3)27-29-18-20-30(21-19-29)48-24-7-5-2/h14,17-21,31-33,46H,4-13,15-16,22-28H2,1-3H3,(H,41,42)(H,44,45)/b17-14+/t31-,32+,38+/m1/s1. The molecule has 1 heterocycles. The third-order valence-electron chi connectivity index (χ3n) is 9.05. The minimum atomic E-state index is -3.21. The highest BCUT2D eigenvalue weighted by atomic mass is 19.3. The molecule has 0 saturated carbocycles. The van der Waals surface area contributed by atoms with Crippen LogP contribution in [0.1, 0.15) is 116 Å². The van der Waals surface area contributed by atoms with Crippen LogP contribution in [0.15, 0.2) is 36.4 Å². The van der Waals surface area contributed by atoms with E-state index in [4.69, 9.17) is 18.9 Å². The van der Waals surface area contributed by atoms with E-state index in [0.29, 0.717) is 44.0 Å². The van der Waals surface area contributed by atoms with E-state index in [2.05, 4.69) is 19.2 Å². The zero-order valence-corrected chi connectivity index (χ0v) is 30.1. The molecule has 3 atom stereocenters. The molecule has 0 aliphatic carbocycles. The summed E-state index contributed by atoms with van der Waals surface area (Å²) in [5.74, 6) is -5.64. The number of allylic oxidation sites excluding steroid dienone is 1. The maximum Gasteiger partial charge on any atom is 0.337 e. The number of rotatable bonds is 27. The van der Waals surface area contributed by atoms with E-state index in [1.165, 1.54) is 25.3 Å². The lowest BCUT2D eigenvalue weighted by molar-refractivity contribution is -0.171. The number of carbonyl (C=O) groups is 3. The Morgan fingerprint density at radius 1 is 0.940 bits per heavy atom. The van der Waals surface area contributed by atoms with Crippen LogP contribution in [0.3, 0.4) is 0 Å². The van der Waals surface area contributed by atoms with Crippen LogP contribution in [0.25, 0.3) is 0 Å². The Morgan fingerprint density at radius 3 is 2.10 bits per heavy atom. The van der Waals surface area contributed by atoms with Crippen molar-refractivity contribution in [1.82, 2.24) is 5.32 Å². The molecule has 284 valence electrons. The largest absolute Gasteiger partial charge is 0.494 e. The third kappa shape index (κ3) is 15.0. The second-order valence-corrected chi connectivity index (χ2v) is 13.1. The lowest BCUT2D eigenvalue weighted by Gasteiger charge is -2.30. The van der Waals surface area contributed by atoms with Gasteiger partial charge in [0, 0.05) is 25.7 Å². The molecule has 1 aliphatic heterocycles. The molecule has 0 bridgehead atoms. The molecule has 0 unspecified atom stereocenters. The van der Waals surface area contributed by atoms with Gasteiger partial charge in [-0.2, -0.15) is 0 Å². The maximum absolute atomic E-state index is 13.5. The molecule has 3 N–H and O–H groups in total. The van der Waals surface area contributed by atoms with E-state index in [9.17, 15) is 33.4 Å². The van der Waals surface area contributed by atoms with Gasteiger partial charge >= 0.3 is 11.9 Å². The van der Waals surface area contributed by atoms with Gasteiger partial charge in [-0.05, 0) is 49.8 Å². The van der Waals surface area contributed by atoms with Crippen molar-refractivity contribution in [2.45, 2.75) is 140 Å². The number of halogens is 2. The Labute approximate surface area is 296 Å². The topological polar surface area (TPSA) is 141 Å². The smallest absolute Gasteiger partial charge is 0.337 e. The second kappa shape index (κ2) is 23.4. The molecule has 1 saturated heterocycles. The summed E-state index contributed by atoms with van der Waals surface area (Å²) in [5, 5.41) is 23.2. The van der Waals surface area contributed by atoms with Crippen molar-refractivity contribution >= 4 is 17.8 Å². The van der Waals surface area contributed by atoms with Crippen molar-refractivity contribution in [3.05, 3.63) is 42.0 Å². The van der Waals surface area contributed by atoms with Crippen LogP contribution in [0.4, 0.5) is 8.78 Å². The van der Waals surface area contributed by atoms with Crippen molar-refractivity contribution in [3.8, 4) is 5.75 Å². The molecule has 1 fully saturated rings. The average molecular weight is 712 g/mol. The normalized spacial score (nSPS) is 16.6. The first-order chi connectivity index (χ1) is 24.0. The number of aliphatic hydroxyl groups is 1. The zero-order valence-electron chi connectivity index (χ0n) is 30.1. The summed E-state index contributed by atoms with van der Waals surface area (Å²) in [4.78, 5) is 38.3. The van der Waals surface area contributed by atoms with Gasteiger partial charge in [-0.15, -0.1) is 0 Å². The summed E-state index contributed by atoms with van der Waals surface area (Å²) in [7, 11) is 1.14. The van der Waals surface area contributed by atoms with Crippen LogP contribution in [0.2, 0.25) is 0 Å². The summed E-state index contributed by atoms with van der Waals surface area (Å²) >= 11 is 0. The number of carbonyl (C=O) groups excluding carboxylic acids is 2. The first-order valence-corrected chi connectivity index (χ1v) is 18.3. The van der Waals surface area contributed by atoms with Crippen molar-refractivity contribution in [3.63, 3.8) is 0 Å². The molecule has 1 amide bonds. The quantitative estimate of drug-likeness (QED) is 0.0493. The van der Waals surface area contributed by atoms with E-state index < -0.39 is 54.0 Å². The molecule has 0 aromatic heterocycles. The van der Waals surface area contributed by atoms with Gasteiger partial charge in [0.25, 0.3) is 0 Å². The van der Waals surface area contributed by atoms with Gasteiger partial charge in [-0.3, -0.25) is 4.79 Å². The molecular weight excluding hydrogens is 652 g/mol. The third-order valence-corrected chi connectivity index (χ3v) is 9.05. The van der Waals surface area contributed by atoms with E-state index in [1.54, 1.807) is 24.3 Å². The molecule has 1 aromatic carbocycles. The molecule has 1 aliphatic rings. The lowest BCUT2D eigenvalue weighted by Crippen LogP contribution is -2.55. The van der Waals surface area contributed by atoms with Crippen LogP contribution in [-0.4, -0.2) is 78.8 Å². The molecule has 2 rings (SSSR count). The fourth-order valence-corrected chi connectivity index (χ4v) is 6.09. The number of hydrogen-bond acceptors (Lipinski definition) is 8. The number of esters is 1. The first-order valence-electron chi connectivity index (χ1n) is 18.3. The van der Waals surface area contributed by atoms with Crippen molar-refractivity contribution < 1.29 is 52.3 Å². The highest BCUT2D eigenvalue weighted by Crippen LogP contribution is 2.32. The highest BCUT2D eigenvalue weighted by molar-refractivity contribution is 5.92. The number of methoxy groups -OCH3 is 1. The fraction of sp³-hybridized carbons (Fsp3) is 0.711. The minimum absolute atomic E-state index is 0.0271. The van der Waals surface area contributed by atoms with Gasteiger partial charge in [0.05, 0.1) is 32.8 Å². The number of carboxylic acids is 1. The predicted octanol–water partition coefficient (Wildman–Crippen LogP) is 7.15. The number of ether oxygens (including phenoxy) is 4. The number of benzene rings is 1. The van der Waals surface area contributed by atoms with Crippen LogP contribution < -0.4 is 10.1 Å². The first kappa shape index (κ1) is 43.1.